The molecule has 2 N–H and O–H groups in total. The fourth-order valence-electron chi connectivity index (χ4n) is 3.08. The molecular weight excluding hydrogens is 292 g/mol. The summed E-state index contributed by atoms with van der Waals surface area (Å²) in [5.41, 5.74) is 2.75. The molecule has 3 aromatic rings. The Bertz CT molecular complexity index is 847. The molecule has 1 aliphatic heterocycles. The number of hydrogen-bond donors (Lipinski definition) is 2. The Balaban J connectivity index is 1.54. The van der Waals surface area contributed by atoms with Gasteiger partial charge < -0.3 is 10.3 Å². The maximum Gasteiger partial charge on any atom is 0.250 e. The molecule has 7 nitrogen and oxygen atoms in total. The summed E-state index contributed by atoms with van der Waals surface area (Å²) in [5, 5.41) is 7.53. The largest absolute Gasteiger partial charge is 0.344 e. The highest BCUT2D eigenvalue weighted by molar-refractivity contribution is 6.00. The van der Waals surface area contributed by atoms with Gasteiger partial charge in [0.15, 0.2) is 0 Å². The van der Waals surface area contributed by atoms with E-state index in [-0.39, 0.29) is 11.9 Å². The van der Waals surface area contributed by atoms with Crippen molar-refractivity contribution < 1.29 is 4.79 Å². The van der Waals surface area contributed by atoms with Gasteiger partial charge in [0.2, 0.25) is 5.95 Å². The molecule has 1 unspecified atom stereocenters. The summed E-state index contributed by atoms with van der Waals surface area (Å²) < 4.78 is 1.75. The molecule has 1 saturated heterocycles. The summed E-state index contributed by atoms with van der Waals surface area (Å²) in [6, 6.07) is 9.47. The molecule has 0 saturated carbocycles. The van der Waals surface area contributed by atoms with Gasteiger partial charge in [-0.25, -0.2) is 4.98 Å². The van der Waals surface area contributed by atoms with Crippen molar-refractivity contribution >= 4 is 28.7 Å². The number of nitrogens with one attached hydrogen (secondary N) is 2. The maximum atomic E-state index is 12.7. The average molecular weight is 310 g/mol. The summed E-state index contributed by atoms with van der Waals surface area (Å²) in [7, 11) is 1.86. The number of anilines is 2. The van der Waals surface area contributed by atoms with Gasteiger partial charge in [-0.2, -0.15) is 5.10 Å². The quantitative estimate of drug-likeness (QED) is 0.773. The minimum atomic E-state index is -0.272. The number of aryl methyl sites for hydroxylation is 2. The second-order valence-electron chi connectivity index (χ2n) is 5.85. The third-order valence-electron chi connectivity index (χ3n) is 4.16. The van der Waals surface area contributed by atoms with E-state index >= 15 is 0 Å². The normalized spacial score (nSPS) is 18.1. The first-order valence-corrected chi connectivity index (χ1v) is 7.65. The van der Waals surface area contributed by atoms with E-state index in [0.717, 1.165) is 29.0 Å². The van der Waals surface area contributed by atoms with Gasteiger partial charge in [-0.15, -0.1) is 0 Å². The number of benzene rings is 1. The minimum Gasteiger partial charge on any atom is -0.344 e. The number of fused-ring (bicyclic) bond motifs is 1. The lowest BCUT2D eigenvalue weighted by atomic mass is 10.2. The molecule has 1 aromatic carbocycles. The van der Waals surface area contributed by atoms with E-state index in [0.29, 0.717) is 12.5 Å². The first kappa shape index (κ1) is 13.8. The van der Waals surface area contributed by atoms with Gasteiger partial charge in [0.05, 0.1) is 16.7 Å². The number of H-pyrrole nitrogens is 1. The van der Waals surface area contributed by atoms with Crippen molar-refractivity contribution in [1.29, 1.82) is 0 Å². The van der Waals surface area contributed by atoms with Gasteiger partial charge in [-0.3, -0.25) is 14.4 Å². The molecule has 0 radical (unpaired) electrons. The van der Waals surface area contributed by atoms with Crippen molar-refractivity contribution in [2.45, 2.75) is 19.4 Å². The molecule has 0 spiro atoms. The number of hydrogen-bond acceptors (Lipinski definition) is 4. The predicted octanol–water partition coefficient (Wildman–Crippen LogP) is 1.82. The zero-order chi connectivity index (χ0) is 16.0. The van der Waals surface area contributed by atoms with Crippen LogP contribution >= 0.6 is 0 Å². The number of aromatic nitrogens is 4. The van der Waals surface area contributed by atoms with Crippen LogP contribution in [0.15, 0.2) is 30.3 Å². The summed E-state index contributed by atoms with van der Waals surface area (Å²) in [6.45, 7) is 2.60. The molecule has 1 fully saturated rings. The molecule has 0 bridgehead atoms. The van der Waals surface area contributed by atoms with Crippen molar-refractivity contribution in [3.63, 3.8) is 0 Å². The first-order valence-electron chi connectivity index (χ1n) is 7.65. The van der Waals surface area contributed by atoms with Gasteiger partial charge in [0.1, 0.15) is 11.9 Å². The van der Waals surface area contributed by atoms with Crippen molar-refractivity contribution in [2.75, 3.05) is 16.8 Å². The van der Waals surface area contributed by atoms with E-state index in [2.05, 4.69) is 20.4 Å². The Morgan fingerprint density at radius 2 is 2.17 bits per heavy atom. The van der Waals surface area contributed by atoms with E-state index in [4.69, 9.17) is 0 Å². The van der Waals surface area contributed by atoms with Gasteiger partial charge in [-0.05, 0) is 25.5 Å². The van der Waals surface area contributed by atoms with Crippen LogP contribution in [0, 0.1) is 6.92 Å². The highest BCUT2D eigenvalue weighted by Crippen LogP contribution is 2.24. The lowest BCUT2D eigenvalue weighted by Gasteiger charge is -2.16. The van der Waals surface area contributed by atoms with Crippen molar-refractivity contribution in [1.82, 2.24) is 19.7 Å². The second kappa shape index (κ2) is 5.12. The molecule has 0 aliphatic carbocycles. The van der Waals surface area contributed by atoms with Gasteiger partial charge in [-0.1, -0.05) is 12.1 Å². The van der Waals surface area contributed by atoms with Crippen LogP contribution in [0.4, 0.5) is 11.8 Å². The Labute approximate surface area is 133 Å². The molecule has 7 heteroatoms. The minimum absolute atomic E-state index is 0.0495. The standard InChI is InChI=1S/C16H18N6O/c1-10-9-14(21(2)20-10)22-8-7-13(15(22)23)19-16-17-11-5-3-4-6-12(11)18-16/h3-6,9,13H,7-8H2,1-2H3,(H2,17,18,19). The van der Waals surface area contributed by atoms with E-state index in [1.54, 1.807) is 9.58 Å². The topological polar surface area (TPSA) is 78.8 Å². The molecule has 118 valence electrons. The number of nitrogens with zero attached hydrogens (tertiary/aromatic N) is 4. The number of carbonyl (C=O) groups excluding carboxylic acids is 1. The average Bonchev–Trinajstić information content (AvgIpc) is 3.18. The van der Waals surface area contributed by atoms with Crippen molar-refractivity contribution in [3.8, 4) is 0 Å². The number of para-hydroxylation sites is 2. The lowest BCUT2D eigenvalue weighted by molar-refractivity contribution is -0.117. The van der Waals surface area contributed by atoms with E-state index in [9.17, 15) is 4.79 Å². The number of carbonyl (C=O) groups is 1. The van der Waals surface area contributed by atoms with Crippen LogP contribution in [0.3, 0.4) is 0 Å². The first-order chi connectivity index (χ1) is 11.1. The van der Waals surface area contributed by atoms with E-state index in [1.165, 1.54) is 0 Å². The third-order valence-corrected chi connectivity index (χ3v) is 4.16. The monoisotopic (exact) mass is 310 g/mol. The zero-order valence-electron chi connectivity index (χ0n) is 13.1. The number of amides is 1. The molecule has 3 heterocycles. The molecule has 4 rings (SSSR count). The highest BCUT2D eigenvalue weighted by Gasteiger charge is 2.34. The van der Waals surface area contributed by atoms with Crippen LogP contribution in [0.5, 0.6) is 0 Å². The molecule has 1 amide bonds. The molecule has 1 aliphatic rings. The number of imidazole rings is 1. The van der Waals surface area contributed by atoms with Crippen LogP contribution < -0.4 is 10.2 Å². The fourth-order valence-corrected chi connectivity index (χ4v) is 3.08. The fraction of sp³-hybridized carbons (Fsp3) is 0.312. The maximum absolute atomic E-state index is 12.7. The Kier molecular flexibility index (Phi) is 3.07. The summed E-state index contributed by atoms with van der Waals surface area (Å²) in [4.78, 5) is 22.1. The Hall–Kier alpha value is -2.83. The highest BCUT2D eigenvalue weighted by atomic mass is 16.2. The Morgan fingerprint density at radius 1 is 1.35 bits per heavy atom. The van der Waals surface area contributed by atoms with Crippen LogP contribution in [0.25, 0.3) is 11.0 Å². The van der Waals surface area contributed by atoms with E-state index in [1.807, 2.05) is 44.3 Å². The lowest BCUT2D eigenvalue weighted by Crippen LogP contribution is -2.34. The number of rotatable bonds is 3. The smallest absolute Gasteiger partial charge is 0.250 e. The summed E-state index contributed by atoms with van der Waals surface area (Å²) in [6.07, 6.45) is 0.736. The molecule has 23 heavy (non-hydrogen) atoms. The van der Waals surface area contributed by atoms with Gasteiger partial charge >= 0.3 is 0 Å². The second-order valence-corrected chi connectivity index (χ2v) is 5.85. The summed E-state index contributed by atoms with van der Waals surface area (Å²) in [5.74, 6) is 1.52. The SMILES string of the molecule is Cc1cc(N2CCC(Nc3nc4ccccc4[nH]3)C2=O)n(C)n1. The molecule has 2 aromatic heterocycles. The van der Waals surface area contributed by atoms with Crippen LogP contribution in [-0.2, 0) is 11.8 Å². The zero-order valence-corrected chi connectivity index (χ0v) is 13.1. The van der Waals surface area contributed by atoms with Crippen molar-refractivity contribution in [3.05, 3.63) is 36.0 Å². The van der Waals surface area contributed by atoms with Gasteiger partial charge in [0, 0.05) is 19.7 Å². The van der Waals surface area contributed by atoms with Crippen LogP contribution in [0.2, 0.25) is 0 Å². The Morgan fingerprint density at radius 3 is 2.91 bits per heavy atom. The van der Waals surface area contributed by atoms with Gasteiger partial charge in [0.25, 0.3) is 5.91 Å². The van der Waals surface area contributed by atoms with Crippen LogP contribution in [-0.4, -0.2) is 38.2 Å². The molecular formula is C16H18N6O. The molecule has 1 atom stereocenters. The number of aromatic amines is 1. The van der Waals surface area contributed by atoms with E-state index < -0.39 is 0 Å². The van der Waals surface area contributed by atoms with Crippen LogP contribution in [0.1, 0.15) is 12.1 Å². The van der Waals surface area contributed by atoms with Crippen molar-refractivity contribution in [2.24, 2.45) is 7.05 Å². The predicted molar refractivity (Wildman–Crippen MR) is 88.4 cm³/mol. The third kappa shape index (κ3) is 2.34. The summed E-state index contributed by atoms with van der Waals surface area (Å²) >= 11 is 0.